The van der Waals surface area contributed by atoms with Gasteiger partial charge in [0.1, 0.15) is 0 Å². The fourth-order valence-corrected chi connectivity index (χ4v) is 2.19. The molecule has 1 atom stereocenters. The van der Waals surface area contributed by atoms with Crippen molar-refractivity contribution < 1.29 is 4.79 Å². The van der Waals surface area contributed by atoms with Gasteiger partial charge in [0.05, 0.1) is 0 Å². The Morgan fingerprint density at radius 3 is 3.00 bits per heavy atom. The second-order valence-electron chi connectivity index (χ2n) is 4.13. The highest BCUT2D eigenvalue weighted by Crippen LogP contribution is 2.19. The summed E-state index contributed by atoms with van der Waals surface area (Å²) < 4.78 is 0. The number of nitrogens with one attached hydrogen (secondary N) is 1. The van der Waals surface area contributed by atoms with Crippen molar-refractivity contribution in [2.24, 2.45) is 0 Å². The van der Waals surface area contributed by atoms with Crippen LogP contribution in [0.4, 0.5) is 10.5 Å². The number of nitrogens with zero attached hydrogens (tertiary/aromatic N) is 1. The summed E-state index contributed by atoms with van der Waals surface area (Å²) in [4.78, 5) is 13.8. The smallest absolute Gasteiger partial charge is 0.322 e. The number of hydrogen-bond acceptors (Lipinski definition) is 1. The summed E-state index contributed by atoms with van der Waals surface area (Å²) >= 11 is 5.85. The number of amides is 2. The summed E-state index contributed by atoms with van der Waals surface area (Å²) in [6.45, 7) is 2.91. The Bertz CT molecular complexity index is 394. The number of carbonyl (C=O) groups excluding carboxylic acids is 1. The molecule has 0 radical (unpaired) electrons. The molecular weight excluding hydrogens is 224 g/mol. The van der Waals surface area contributed by atoms with Crippen LogP contribution in [0, 0.1) is 0 Å². The van der Waals surface area contributed by atoms with Gasteiger partial charge in [-0.05, 0) is 38.0 Å². The van der Waals surface area contributed by atoms with E-state index in [9.17, 15) is 4.79 Å². The van der Waals surface area contributed by atoms with Gasteiger partial charge in [0.15, 0.2) is 0 Å². The molecule has 86 valence electrons. The van der Waals surface area contributed by atoms with E-state index in [0.29, 0.717) is 11.1 Å². The average molecular weight is 239 g/mol. The molecule has 1 aromatic carbocycles. The van der Waals surface area contributed by atoms with Gasteiger partial charge >= 0.3 is 6.03 Å². The Kier molecular flexibility index (Phi) is 3.34. The number of halogens is 1. The quantitative estimate of drug-likeness (QED) is 0.800. The average Bonchev–Trinajstić information content (AvgIpc) is 2.64. The van der Waals surface area contributed by atoms with E-state index in [4.69, 9.17) is 11.6 Å². The van der Waals surface area contributed by atoms with Crippen LogP contribution in [-0.2, 0) is 0 Å². The summed E-state index contributed by atoms with van der Waals surface area (Å²) in [7, 11) is 0. The fraction of sp³-hybridized carbons (Fsp3) is 0.417. The number of likely N-dealkylation sites (tertiary alicyclic amines) is 1. The lowest BCUT2D eigenvalue weighted by Gasteiger charge is -2.21. The van der Waals surface area contributed by atoms with Crippen LogP contribution in [0.5, 0.6) is 0 Å². The number of anilines is 1. The highest BCUT2D eigenvalue weighted by Gasteiger charge is 2.24. The van der Waals surface area contributed by atoms with E-state index in [1.54, 1.807) is 12.1 Å². The van der Waals surface area contributed by atoms with E-state index in [2.05, 4.69) is 12.2 Å². The lowest BCUT2D eigenvalue weighted by Crippen LogP contribution is -2.37. The number of benzene rings is 1. The molecule has 1 saturated heterocycles. The van der Waals surface area contributed by atoms with Crippen molar-refractivity contribution in [1.82, 2.24) is 4.90 Å². The molecule has 0 aliphatic carbocycles. The standard InChI is InChI=1S/C12H15ClN2O/c1-9-4-3-7-15(9)12(16)14-11-6-2-5-10(13)8-11/h2,5-6,8-9H,3-4,7H2,1H3,(H,14,16). The van der Waals surface area contributed by atoms with Crippen LogP contribution >= 0.6 is 11.6 Å². The first kappa shape index (κ1) is 11.3. The Balaban J connectivity index is 2.02. The van der Waals surface area contributed by atoms with Crippen molar-refractivity contribution in [2.75, 3.05) is 11.9 Å². The van der Waals surface area contributed by atoms with E-state index in [1.165, 1.54) is 0 Å². The summed E-state index contributed by atoms with van der Waals surface area (Å²) in [5.74, 6) is 0. The van der Waals surface area contributed by atoms with Gasteiger partial charge in [-0.2, -0.15) is 0 Å². The van der Waals surface area contributed by atoms with Crippen LogP contribution in [0.2, 0.25) is 5.02 Å². The molecule has 0 aromatic heterocycles. The van der Waals surface area contributed by atoms with Gasteiger partial charge in [-0.15, -0.1) is 0 Å². The fourth-order valence-electron chi connectivity index (χ4n) is 2.00. The van der Waals surface area contributed by atoms with Crippen LogP contribution in [-0.4, -0.2) is 23.5 Å². The lowest BCUT2D eigenvalue weighted by molar-refractivity contribution is 0.210. The van der Waals surface area contributed by atoms with Gasteiger partial charge in [-0.1, -0.05) is 17.7 Å². The molecule has 4 heteroatoms. The Morgan fingerprint density at radius 2 is 2.38 bits per heavy atom. The molecule has 2 amide bonds. The minimum Gasteiger partial charge on any atom is -0.322 e. The summed E-state index contributed by atoms with van der Waals surface area (Å²) in [6, 6.07) is 7.50. The van der Waals surface area contributed by atoms with Crippen molar-refractivity contribution in [3.63, 3.8) is 0 Å². The third-order valence-corrected chi connectivity index (χ3v) is 3.12. The summed E-state index contributed by atoms with van der Waals surface area (Å²) in [5.41, 5.74) is 0.747. The molecule has 1 heterocycles. The third kappa shape index (κ3) is 2.47. The van der Waals surface area contributed by atoms with Crippen LogP contribution in [0.1, 0.15) is 19.8 Å². The predicted octanol–water partition coefficient (Wildman–Crippen LogP) is 3.36. The zero-order valence-electron chi connectivity index (χ0n) is 9.24. The van der Waals surface area contributed by atoms with Gasteiger partial charge in [-0.3, -0.25) is 0 Å². The zero-order valence-corrected chi connectivity index (χ0v) is 10.00. The van der Waals surface area contributed by atoms with Gasteiger partial charge in [0, 0.05) is 23.3 Å². The Hall–Kier alpha value is -1.22. The van der Waals surface area contributed by atoms with E-state index in [1.807, 2.05) is 17.0 Å². The molecule has 0 saturated carbocycles. The van der Waals surface area contributed by atoms with Gasteiger partial charge in [0.2, 0.25) is 0 Å². The highest BCUT2D eigenvalue weighted by molar-refractivity contribution is 6.30. The van der Waals surface area contributed by atoms with Crippen LogP contribution in [0.15, 0.2) is 24.3 Å². The topological polar surface area (TPSA) is 32.3 Å². The number of hydrogen-bond donors (Lipinski definition) is 1. The SMILES string of the molecule is CC1CCCN1C(=O)Nc1cccc(Cl)c1. The van der Waals surface area contributed by atoms with Gasteiger partial charge in [-0.25, -0.2) is 4.79 Å². The summed E-state index contributed by atoms with van der Waals surface area (Å²) in [5, 5.41) is 3.49. The van der Waals surface area contributed by atoms with Crippen molar-refractivity contribution in [2.45, 2.75) is 25.8 Å². The number of rotatable bonds is 1. The molecule has 0 spiro atoms. The normalized spacial score (nSPS) is 19.9. The molecule has 1 fully saturated rings. The van der Waals surface area contributed by atoms with Crippen molar-refractivity contribution >= 4 is 23.3 Å². The van der Waals surface area contributed by atoms with Gasteiger partial charge in [0.25, 0.3) is 0 Å². The first-order valence-electron chi connectivity index (χ1n) is 5.50. The molecule has 1 aromatic rings. The third-order valence-electron chi connectivity index (χ3n) is 2.89. The molecule has 1 N–H and O–H groups in total. The Labute approximate surface area is 100 Å². The largest absolute Gasteiger partial charge is 0.322 e. The minimum absolute atomic E-state index is 0.0349. The second kappa shape index (κ2) is 4.74. The second-order valence-corrected chi connectivity index (χ2v) is 4.56. The maximum atomic E-state index is 11.9. The minimum atomic E-state index is -0.0349. The summed E-state index contributed by atoms with van der Waals surface area (Å²) in [6.07, 6.45) is 2.17. The highest BCUT2D eigenvalue weighted by atomic mass is 35.5. The van der Waals surface area contributed by atoms with Crippen molar-refractivity contribution in [3.05, 3.63) is 29.3 Å². The molecule has 1 unspecified atom stereocenters. The van der Waals surface area contributed by atoms with E-state index in [-0.39, 0.29) is 6.03 Å². The van der Waals surface area contributed by atoms with Gasteiger partial charge < -0.3 is 10.2 Å². The first-order valence-corrected chi connectivity index (χ1v) is 5.88. The van der Waals surface area contributed by atoms with E-state index < -0.39 is 0 Å². The molecule has 16 heavy (non-hydrogen) atoms. The molecule has 3 nitrogen and oxygen atoms in total. The molecular formula is C12H15ClN2O. The number of urea groups is 1. The maximum Gasteiger partial charge on any atom is 0.322 e. The Morgan fingerprint density at radius 1 is 1.56 bits per heavy atom. The van der Waals surface area contributed by atoms with E-state index in [0.717, 1.165) is 25.1 Å². The maximum absolute atomic E-state index is 11.9. The van der Waals surface area contributed by atoms with Crippen molar-refractivity contribution in [3.8, 4) is 0 Å². The monoisotopic (exact) mass is 238 g/mol. The first-order chi connectivity index (χ1) is 7.66. The molecule has 1 aliphatic heterocycles. The van der Waals surface area contributed by atoms with Crippen LogP contribution in [0.3, 0.4) is 0 Å². The van der Waals surface area contributed by atoms with Crippen LogP contribution < -0.4 is 5.32 Å². The zero-order chi connectivity index (χ0) is 11.5. The van der Waals surface area contributed by atoms with Crippen LogP contribution in [0.25, 0.3) is 0 Å². The van der Waals surface area contributed by atoms with Crippen molar-refractivity contribution in [1.29, 1.82) is 0 Å². The number of carbonyl (C=O) groups is 1. The molecule has 0 bridgehead atoms. The molecule has 2 rings (SSSR count). The van der Waals surface area contributed by atoms with E-state index >= 15 is 0 Å². The lowest BCUT2D eigenvalue weighted by atomic mass is 10.2. The predicted molar refractivity (Wildman–Crippen MR) is 65.9 cm³/mol. The molecule has 1 aliphatic rings.